The molecule has 2 N–H and O–H groups in total. The van der Waals surface area contributed by atoms with Crippen LogP contribution in [-0.2, 0) is 14.3 Å². The van der Waals surface area contributed by atoms with Gasteiger partial charge in [-0.2, -0.15) is 0 Å². The predicted molar refractivity (Wildman–Crippen MR) is 65.5 cm³/mol. The molecule has 8 heteroatoms. The summed E-state index contributed by atoms with van der Waals surface area (Å²) in [5, 5.41) is 4.07. The molecule has 1 aromatic rings. The Hall–Kier alpha value is -2.64. The Morgan fingerprint density at radius 3 is 2.65 bits per heavy atom. The maximum Gasteiger partial charge on any atom is 0.344 e. The van der Waals surface area contributed by atoms with Crippen LogP contribution in [0.25, 0.3) is 0 Å². The van der Waals surface area contributed by atoms with Crippen LogP contribution in [0.5, 0.6) is 5.75 Å². The molecule has 1 rings (SSSR count). The molecule has 0 aliphatic heterocycles. The number of imide groups is 1. The Kier molecular flexibility index (Phi) is 5.95. The third-order valence-electron chi connectivity index (χ3n) is 2.00. The van der Waals surface area contributed by atoms with Crippen LogP contribution in [0.3, 0.4) is 0 Å². The quantitative estimate of drug-likeness (QED) is 0.753. The second kappa shape index (κ2) is 7.72. The lowest BCUT2D eigenvalue weighted by Crippen LogP contribution is -2.40. The molecule has 108 valence electrons. The Balaban J connectivity index is 2.27. The number of carbonyl (C=O) groups excluding carboxylic acids is 3. The van der Waals surface area contributed by atoms with Gasteiger partial charge in [0, 0.05) is 13.1 Å². The molecular formula is C12H13FN2O5. The van der Waals surface area contributed by atoms with Crippen molar-refractivity contribution < 1.29 is 28.2 Å². The minimum absolute atomic E-state index is 0.164. The van der Waals surface area contributed by atoms with E-state index in [4.69, 9.17) is 4.74 Å². The third-order valence-corrected chi connectivity index (χ3v) is 2.00. The molecular weight excluding hydrogens is 271 g/mol. The van der Waals surface area contributed by atoms with Crippen molar-refractivity contribution in [3.63, 3.8) is 0 Å². The molecule has 0 fully saturated rings. The Bertz CT molecular complexity index is 506. The number of ether oxygens (including phenoxy) is 2. The molecule has 0 heterocycles. The first-order chi connectivity index (χ1) is 9.51. The van der Waals surface area contributed by atoms with E-state index in [2.05, 4.69) is 10.1 Å². The van der Waals surface area contributed by atoms with E-state index in [1.165, 1.54) is 25.2 Å². The van der Waals surface area contributed by atoms with Crippen LogP contribution in [0.4, 0.5) is 9.18 Å². The number of halogens is 1. The van der Waals surface area contributed by atoms with Gasteiger partial charge in [-0.1, -0.05) is 6.07 Å². The summed E-state index contributed by atoms with van der Waals surface area (Å²) in [5.41, 5.74) is 0. The second-order valence-electron chi connectivity index (χ2n) is 3.53. The minimum atomic E-state index is -0.818. The highest BCUT2D eigenvalue weighted by Gasteiger charge is 2.10. The van der Waals surface area contributed by atoms with Gasteiger partial charge in [-0.15, -0.1) is 0 Å². The number of amides is 3. The van der Waals surface area contributed by atoms with Gasteiger partial charge in [0.2, 0.25) is 0 Å². The lowest BCUT2D eigenvalue weighted by Gasteiger charge is -2.07. The zero-order valence-electron chi connectivity index (χ0n) is 10.6. The van der Waals surface area contributed by atoms with Gasteiger partial charge < -0.3 is 14.8 Å². The minimum Gasteiger partial charge on any atom is -0.482 e. The second-order valence-corrected chi connectivity index (χ2v) is 3.53. The van der Waals surface area contributed by atoms with Crippen LogP contribution in [-0.4, -0.2) is 38.2 Å². The maximum absolute atomic E-state index is 12.8. The summed E-state index contributed by atoms with van der Waals surface area (Å²) in [6, 6.07) is 4.52. The summed E-state index contributed by atoms with van der Waals surface area (Å²) in [7, 11) is 1.33. The van der Waals surface area contributed by atoms with Crippen molar-refractivity contribution in [3.8, 4) is 5.75 Å². The van der Waals surface area contributed by atoms with Crippen molar-refractivity contribution in [2.75, 3.05) is 20.3 Å². The number of hydrogen-bond donors (Lipinski definition) is 2. The van der Waals surface area contributed by atoms with E-state index in [-0.39, 0.29) is 5.75 Å². The van der Waals surface area contributed by atoms with Gasteiger partial charge >= 0.3 is 12.0 Å². The Morgan fingerprint density at radius 2 is 2.00 bits per heavy atom. The summed E-state index contributed by atoms with van der Waals surface area (Å²) in [5.74, 6) is -1.93. The summed E-state index contributed by atoms with van der Waals surface area (Å²) in [6.45, 7) is -1.09. The summed E-state index contributed by atoms with van der Waals surface area (Å²) in [4.78, 5) is 33.1. The number of nitrogens with one attached hydrogen (secondary N) is 2. The molecule has 0 aliphatic carbocycles. The molecule has 0 radical (unpaired) electrons. The van der Waals surface area contributed by atoms with Crippen LogP contribution >= 0.6 is 0 Å². The molecule has 0 spiro atoms. The molecule has 0 atom stereocenters. The molecule has 7 nitrogen and oxygen atoms in total. The highest BCUT2D eigenvalue weighted by molar-refractivity contribution is 5.95. The molecule has 0 bridgehead atoms. The van der Waals surface area contributed by atoms with Crippen LogP contribution in [0.15, 0.2) is 24.3 Å². The fraction of sp³-hybridized carbons (Fsp3) is 0.250. The Morgan fingerprint density at radius 1 is 1.25 bits per heavy atom. The SMILES string of the molecule is CNC(=O)NC(=O)COC(=O)COc1cccc(F)c1. The lowest BCUT2D eigenvalue weighted by atomic mass is 10.3. The van der Waals surface area contributed by atoms with E-state index >= 15 is 0 Å². The fourth-order valence-electron chi connectivity index (χ4n) is 1.11. The van der Waals surface area contributed by atoms with E-state index in [1.807, 2.05) is 5.32 Å². The van der Waals surface area contributed by atoms with Crippen molar-refractivity contribution in [2.45, 2.75) is 0 Å². The number of hydrogen-bond acceptors (Lipinski definition) is 5. The lowest BCUT2D eigenvalue weighted by molar-refractivity contribution is -0.150. The first-order valence-corrected chi connectivity index (χ1v) is 5.57. The summed E-state index contributed by atoms with van der Waals surface area (Å²) in [6.07, 6.45) is 0. The topological polar surface area (TPSA) is 93.7 Å². The van der Waals surface area contributed by atoms with Crippen LogP contribution < -0.4 is 15.4 Å². The van der Waals surface area contributed by atoms with Crippen LogP contribution in [0, 0.1) is 5.82 Å². The van der Waals surface area contributed by atoms with Crippen LogP contribution in [0.2, 0.25) is 0 Å². The smallest absolute Gasteiger partial charge is 0.344 e. The number of benzene rings is 1. The van der Waals surface area contributed by atoms with E-state index in [9.17, 15) is 18.8 Å². The van der Waals surface area contributed by atoms with Gasteiger partial charge in [0.25, 0.3) is 5.91 Å². The first kappa shape index (κ1) is 15.4. The molecule has 0 aromatic heterocycles. The molecule has 0 saturated heterocycles. The molecule has 0 unspecified atom stereocenters. The molecule has 0 saturated carbocycles. The summed E-state index contributed by atoms with van der Waals surface area (Å²) >= 11 is 0. The summed E-state index contributed by atoms with van der Waals surface area (Å²) < 4.78 is 22.3. The van der Waals surface area contributed by atoms with Gasteiger partial charge in [-0.3, -0.25) is 10.1 Å². The highest BCUT2D eigenvalue weighted by atomic mass is 19.1. The number of carbonyl (C=O) groups is 3. The molecule has 0 aliphatic rings. The van der Waals surface area contributed by atoms with E-state index in [0.717, 1.165) is 6.07 Å². The maximum atomic E-state index is 12.8. The standard InChI is InChI=1S/C12H13FN2O5/c1-14-12(18)15-10(16)6-20-11(17)7-19-9-4-2-3-8(13)5-9/h2-5H,6-7H2,1H3,(H2,14,15,16,18). The van der Waals surface area contributed by atoms with E-state index in [0.29, 0.717) is 0 Å². The number of esters is 1. The number of rotatable bonds is 5. The predicted octanol–water partition coefficient (Wildman–Crippen LogP) is 0.203. The van der Waals surface area contributed by atoms with Crippen LogP contribution in [0.1, 0.15) is 0 Å². The Labute approximate surface area is 114 Å². The normalized spacial score (nSPS) is 9.50. The molecule has 20 heavy (non-hydrogen) atoms. The van der Waals surface area contributed by atoms with E-state index < -0.39 is 36.9 Å². The first-order valence-electron chi connectivity index (χ1n) is 5.57. The van der Waals surface area contributed by atoms with Crippen molar-refractivity contribution in [1.29, 1.82) is 0 Å². The van der Waals surface area contributed by atoms with E-state index in [1.54, 1.807) is 0 Å². The molecule has 3 amide bonds. The van der Waals surface area contributed by atoms with Gasteiger partial charge in [0.15, 0.2) is 13.2 Å². The number of urea groups is 1. The van der Waals surface area contributed by atoms with Crippen molar-refractivity contribution in [2.24, 2.45) is 0 Å². The van der Waals surface area contributed by atoms with Crippen molar-refractivity contribution in [1.82, 2.24) is 10.6 Å². The van der Waals surface area contributed by atoms with Gasteiger partial charge in [-0.25, -0.2) is 14.0 Å². The van der Waals surface area contributed by atoms with Crippen molar-refractivity contribution in [3.05, 3.63) is 30.1 Å². The van der Waals surface area contributed by atoms with Gasteiger partial charge in [-0.05, 0) is 12.1 Å². The monoisotopic (exact) mass is 284 g/mol. The molecule has 1 aromatic carbocycles. The zero-order chi connectivity index (χ0) is 15.0. The average Bonchev–Trinajstić information content (AvgIpc) is 2.42. The average molecular weight is 284 g/mol. The van der Waals surface area contributed by atoms with Crippen molar-refractivity contribution >= 4 is 17.9 Å². The van der Waals surface area contributed by atoms with Gasteiger partial charge in [0.05, 0.1) is 0 Å². The van der Waals surface area contributed by atoms with Gasteiger partial charge in [0.1, 0.15) is 11.6 Å². The third kappa shape index (κ3) is 5.80. The fourth-order valence-corrected chi connectivity index (χ4v) is 1.11. The largest absolute Gasteiger partial charge is 0.482 e. The zero-order valence-corrected chi connectivity index (χ0v) is 10.6. The highest BCUT2D eigenvalue weighted by Crippen LogP contribution is 2.11.